The highest BCUT2D eigenvalue weighted by Gasteiger charge is 2.11. The van der Waals surface area contributed by atoms with Gasteiger partial charge in [-0.05, 0) is 35.4 Å². The molecule has 0 unspecified atom stereocenters. The van der Waals surface area contributed by atoms with Crippen LogP contribution in [-0.4, -0.2) is 11.8 Å². The van der Waals surface area contributed by atoms with E-state index in [9.17, 15) is 9.59 Å². The number of carbonyl (C=O) groups is 2. The average Bonchev–Trinajstić information content (AvgIpc) is 2.45. The van der Waals surface area contributed by atoms with Gasteiger partial charge in [-0.25, -0.2) is 0 Å². The Morgan fingerprint density at radius 1 is 0.955 bits per heavy atom. The molecule has 0 heterocycles. The highest BCUT2D eigenvalue weighted by molar-refractivity contribution is 6.36. The lowest BCUT2D eigenvalue weighted by atomic mass is 10.1. The first-order valence-corrected chi connectivity index (χ1v) is 7.31. The maximum atomic E-state index is 12.0. The van der Waals surface area contributed by atoms with Crippen LogP contribution in [0.1, 0.15) is 11.1 Å². The van der Waals surface area contributed by atoms with E-state index in [1.807, 2.05) is 0 Å². The Morgan fingerprint density at radius 3 is 2.09 bits per heavy atom. The van der Waals surface area contributed by atoms with Crippen LogP contribution in [0.5, 0.6) is 0 Å². The topological polar surface area (TPSA) is 72.2 Å². The normalized spacial score (nSPS) is 10.3. The molecular formula is C16H14Cl2N2O2. The Labute approximate surface area is 138 Å². The molecule has 0 saturated heterocycles. The number of rotatable bonds is 5. The summed E-state index contributed by atoms with van der Waals surface area (Å²) in [5, 5.41) is 3.67. The van der Waals surface area contributed by atoms with Crippen LogP contribution < -0.4 is 11.1 Å². The van der Waals surface area contributed by atoms with Crippen molar-refractivity contribution in [2.24, 2.45) is 5.73 Å². The van der Waals surface area contributed by atoms with Crippen LogP contribution in [0.4, 0.5) is 5.69 Å². The molecule has 2 rings (SSSR count). The largest absolute Gasteiger partial charge is 0.369 e. The lowest BCUT2D eigenvalue weighted by molar-refractivity contribution is -0.117. The van der Waals surface area contributed by atoms with Gasteiger partial charge in [0.05, 0.1) is 12.8 Å². The van der Waals surface area contributed by atoms with Crippen molar-refractivity contribution in [1.29, 1.82) is 0 Å². The monoisotopic (exact) mass is 336 g/mol. The molecule has 0 aromatic heterocycles. The van der Waals surface area contributed by atoms with Gasteiger partial charge < -0.3 is 11.1 Å². The molecule has 0 saturated carbocycles. The molecule has 0 atom stereocenters. The minimum atomic E-state index is -0.398. The van der Waals surface area contributed by atoms with Crippen LogP contribution in [0.2, 0.25) is 10.0 Å². The van der Waals surface area contributed by atoms with E-state index in [1.165, 1.54) is 0 Å². The van der Waals surface area contributed by atoms with Crippen molar-refractivity contribution in [2.75, 3.05) is 5.32 Å². The third-order valence-electron chi connectivity index (χ3n) is 3.02. The summed E-state index contributed by atoms with van der Waals surface area (Å²) >= 11 is 12.1. The summed E-state index contributed by atoms with van der Waals surface area (Å²) in [4.78, 5) is 22.9. The van der Waals surface area contributed by atoms with Crippen LogP contribution in [0.25, 0.3) is 0 Å². The number of hydrogen-bond donors (Lipinski definition) is 2. The standard InChI is InChI=1S/C16H14Cl2N2O2/c17-13-2-1-3-14(18)12(13)9-16(22)20-11-6-4-10(5-7-11)8-15(19)21/h1-7H,8-9H2,(H2,19,21)(H,20,22). The van der Waals surface area contributed by atoms with Crippen LogP contribution in [0.15, 0.2) is 42.5 Å². The Balaban J connectivity index is 2.01. The Kier molecular flexibility index (Phi) is 5.41. The zero-order valence-electron chi connectivity index (χ0n) is 11.6. The van der Waals surface area contributed by atoms with E-state index in [-0.39, 0.29) is 18.7 Å². The molecule has 6 heteroatoms. The molecule has 3 N–H and O–H groups in total. The summed E-state index contributed by atoms with van der Waals surface area (Å²) in [5.74, 6) is -0.622. The highest BCUT2D eigenvalue weighted by Crippen LogP contribution is 2.25. The van der Waals surface area contributed by atoms with Gasteiger partial charge in [0, 0.05) is 15.7 Å². The zero-order chi connectivity index (χ0) is 16.1. The lowest BCUT2D eigenvalue weighted by Crippen LogP contribution is -2.15. The van der Waals surface area contributed by atoms with E-state index in [0.717, 1.165) is 5.56 Å². The second-order valence-corrected chi connectivity index (χ2v) is 5.58. The van der Waals surface area contributed by atoms with Crippen LogP contribution in [-0.2, 0) is 22.4 Å². The number of amides is 2. The molecule has 114 valence electrons. The third kappa shape index (κ3) is 4.48. The molecule has 4 nitrogen and oxygen atoms in total. The fourth-order valence-electron chi connectivity index (χ4n) is 1.97. The van der Waals surface area contributed by atoms with Gasteiger partial charge >= 0.3 is 0 Å². The van der Waals surface area contributed by atoms with Crippen LogP contribution in [0.3, 0.4) is 0 Å². The van der Waals surface area contributed by atoms with Gasteiger partial charge in [0.25, 0.3) is 0 Å². The molecule has 0 aliphatic carbocycles. The maximum Gasteiger partial charge on any atom is 0.228 e. The smallest absolute Gasteiger partial charge is 0.228 e. The first-order valence-electron chi connectivity index (χ1n) is 6.55. The van der Waals surface area contributed by atoms with Crippen molar-refractivity contribution in [3.05, 3.63) is 63.6 Å². The number of halogens is 2. The fourth-order valence-corrected chi connectivity index (χ4v) is 2.51. The minimum absolute atomic E-state index is 0.0849. The molecule has 0 aliphatic rings. The molecule has 2 aromatic rings. The third-order valence-corrected chi connectivity index (χ3v) is 3.72. The quantitative estimate of drug-likeness (QED) is 0.879. The first kappa shape index (κ1) is 16.3. The summed E-state index contributed by atoms with van der Waals surface area (Å²) in [6.07, 6.45) is 0.255. The number of nitrogens with one attached hydrogen (secondary N) is 1. The van der Waals surface area contributed by atoms with E-state index < -0.39 is 5.91 Å². The number of nitrogens with two attached hydrogens (primary N) is 1. The van der Waals surface area contributed by atoms with Gasteiger partial charge in [-0.15, -0.1) is 0 Å². The summed E-state index contributed by atoms with van der Waals surface area (Å²) in [7, 11) is 0. The molecular weight excluding hydrogens is 323 g/mol. The predicted molar refractivity (Wildman–Crippen MR) is 88.1 cm³/mol. The Morgan fingerprint density at radius 2 is 1.55 bits per heavy atom. The summed E-state index contributed by atoms with van der Waals surface area (Å²) in [6.45, 7) is 0. The average molecular weight is 337 g/mol. The molecule has 0 aliphatic heterocycles. The van der Waals surface area contributed by atoms with Gasteiger partial charge in [-0.3, -0.25) is 9.59 Å². The predicted octanol–water partition coefficient (Wildman–Crippen LogP) is 3.20. The van der Waals surface area contributed by atoms with E-state index >= 15 is 0 Å². The summed E-state index contributed by atoms with van der Waals surface area (Å²) in [5.41, 5.74) is 7.13. The molecule has 2 aromatic carbocycles. The molecule has 22 heavy (non-hydrogen) atoms. The summed E-state index contributed by atoms with van der Waals surface area (Å²) < 4.78 is 0. The number of anilines is 1. The van der Waals surface area contributed by atoms with E-state index in [2.05, 4.69) is 5.32 Å². The van der Waals surface area contributed by atoms with Gasteiger partial charge in [-0.1, -0.05) is 41.4 Å². The molecule has 0 bridgehead atoms. The van der Waals surface area contributed by atoms with E-state index in [0.29, 0.717) is 21.3 Å². The Bertz CT molecular complexity index is 680. The van der Waals surface area contributed by atoms with Crippen molar-refractivity contribution in [2.45, 2.75) is 12.8 Å². The van der Waals surface area contributed by atoms with Crippen LogP contribution >= 0.6 is 23.2 Å². The minimum Gasteiger partial charge on any atom is -0.369 e. The second-order valence-electron chi connectivity index (χ2n) is 4.77. The SMILES string of the molecule is NC(=O)Cc1ccc(NC(=O)Cc2c(Cl)cccc2Cl)cc1. The molecule has 0 radical (unpaired) electrons. The summed E-state index contributed by atoms with van der Waals surface area (Å²) in [6, 6.07) is 12.0. The number of carbonyl (C=O) groups excluding carboxylic acids is 2. The maximum absolute atomic E-state index is 12.0. The number of primary amides is 1. The van der Waals surface area contributed by atoms with E-state index in [1.54, 1.807) is 42.5 Å². The molecule has 0 fully saturated rings. The van der Waals surface area contributed by atoms with Crippen molar-refractivity contribution < 1.29 is 9.59 Å². The number of benzene rings is 2. The van der Waals surface area contributed by atoms with Gasteiger partial charge in [-0.2, -0.15) is 0 Å². The van der Waals surface area contributed by atoms with Crippen molar-refractivity contribution in [1.82, 2.24) is 0 Å². The van der Waals surface area contributed by atoms with Gasteiger partial charge in [0.2, 0.25) is 11.8 Å². The lowest BCUT2D eigenvalue weighted by Gasteiger charge is -2.08. The van der Waals surface area contributed by atoms with Crippen molar-refractivity contribution in [3.8, 4) is 0 Å². The zero-order valence-corrected chi connectivity index (χ0v) is 13.1. The van der Waals surface area contributed by atoms with E-state index in [4.69, 9.17) is 28.9 Å². The molecule has 0 spiro atoms. The highest BCUT2D eigenvalue weighted by atomic mass is 35.5. The Hall–Kier alpha value is -2.04. The van der Waals surface area contributed by atoms with Gasteiger partial charge in [0.15, 0.2) is 0 Å². The molecule has 2 amide bonds. The van der Waals surface area contributed by atoms with Crippen molar-refractivity contribution >= 4 is 40.7 Å². The second kappa shape index (κ2) is 7.29. The van der Waals surface area contributed by atoms with Crippen LogP contribution in [0, 0.1) is 0 Å². The number of hydrogen-bond acceptors (Lipinski definition) is 2. The van der Waals surface area contributed by atoms with Crippen molar-refractivity contribution in [3.63, 3.8) is 0 Å². The van der Waals surface area contributed by atoms with Gasteiger partial charge in [0.1, 0.15) is 0 Å². The first-order chi connectivity index (χ1) is 10.5. The fraction of sp³-hybridized carbons (Fsp3) is 0.125.